The molecule has 0 aliphatic carbocycles. The van der Waals surface area contributed by atoms with E-state index in [-0.39, 0.29) is 0 Å². The van der Waals surface area contributed by atoms with Crippen LogP contribution in [0.15, 0.2) is 18.2 Å². The number of nitrogens with one attached hydrogen (secondary N) is 1. The van der Waals surface area contributed by atoms with E-state index >= 15 is 0 Å². The molecule has 0 amide bonds. The molecule has 0 spiro atoms. The molecule has 1 fully saturated rings. The molecule has 3 rings (SSSR count). The van der Waals surface area contributed by atoms with Crippen molar-refractivity contribution < 1.29 is 9.47 Å². The average molecular weight is 219 g/mol. The van der Waals surface area contributed by atoms with Gasteiger partial charge in [0.05, 0.1) is 19.8 Å². The van der Waals surface area contributed by atoms with Crippen molar-refractivity contribution in [3.05, 3.63) is 29.3 Å². The molecule has 1 saturated heterocycles. The molecule has 3 heteroatoms. The van der Waals surface area contributed by atoms with Crippen LogP contribution in [0.5, 0.6) is 5.75 Å². The predicted molar refractivity (Wildman–Crippen MR) is 61.8 cm³/mol. The number of fused-ring (bicyclic) bond motifs is 3. The first-order valence-corrected chi connectivity index (χ1v) is 5.87. The van der Waals surface area contributed by atoms with Gasteiger partial charge in [0, 0.05) is 12.5 Å². The summed E-state index contributed by atoms with van der Waals surface area (Å²) in [6.45, 7) is 2.84. The van der Waals surface area contributed by atoms with Crippen LogP contribution in [0.2, 0.25) is 0 Å². The third-order valence-electron chi connectivity index (χ3n) is 3.62. The van der Waals surface area contributed by atoms with Crippen molar-refractivity contribution in [2.75, 3.05) is 20.2 Å². The molecule has 1 aromatic carbocycles. The van der Waals surface area contributed by atoms with Crippen molar-refractivity contribution >= 4 is 0 Å². The van der Waals surface area contributed by atoms with Gasteiger partial charge in [-0.3, -0.25) is 0 Å². The Balaban J connectivity index is 1.98. The van der Waals surface area contributed by atoms with E-state index in [9.17, 15) is 0 Å². The molecule has 2 aliphatic heterocycles. The smallest absolute Gasteiger partial charge is 0.119 e. The van der Waals surface area contributed by atoms with Crippen molar-refractivity contribution in [1.29, 1.82) is 0 Å². The highest BCUT2D eigenvalue weighted by Gasteiger charge is 2.32. The lowest BCUT2D eigenvalue weighted by Gasteiger charge is -2.37. The number of benzene rings is 1. The average Bonchev–Trinajstić information content (AvgIpc) is 2.38. The second kappa shape index (κ2) is 4.07. The molecule has 1 N–H and O–H groups in total. The van der Waals surface area contributed by atoms with Gasteiger partial charge in [0.25, 0.3) is 0 Å². The summed E-state index contributed by atoms with van der Waals surface area (Å²) in [5.74, 6) is 1.44. The lowest BCUT2D eigenvalue weighted by atomic mass is 9.84. The first kappa shape index (κ1) is 10.1. The monoisotopic (exact) mass is 219 g/mol. The molecule has 0 unspecified atom stereocenters. The van der Waals surface area contributed by atoms with Gasteiger partial charge in [0.1, 0.15) is 5.75 Å². The highest BCUT2D eigenvalue weighted by molar-refractivity contribution is 5.40. The summed E-state index contributed by atoms with van der Waals surface area (Å²) in [4.78, 5) is 0. The second-order valence-corrected chi connectivity index (χ2v) is 4.51. The third kappa shape index (κ3) is 1.60. The summed E-state index contributed by atoms with van der Waals surface area (Å²) in [7, 11) is 1.72. The summed E-state index contributed by atoms with van der Waals surface area (Å²) >= 11 is 0. The summed E-state index contributed by atoms with van der Waals surface area (Å²) < 4.78 is 11.2. The fourth-order valence-corrected chi connectivity index (χ4v) is 2.72. The van der Waals surface area contributed by atoms with E-state index in [0.717, 1.165) is 31.9 Å². The maximum atomic E-state index is 5.90. The van der Waals surface area contributed by atoms with E-state index in [1.165, 1.54) is 11.1 Å². The van der Waals surface area contributed by atoms with Crippen LogP contribution in [0, 0.1) is 0 Å². The molecular formula is C13H17NO2. The molecule has 16 heavy (non-hydrogen) atoms. The van der Waals surface area contributed by atoms with Gasteiger partial charge in [-0.1, -0.05) is 6.07 Å². The van der Waals surface area contributed by atoms with Gasteiger partial charge in [-0.15, -0.1) is 0 Å². The van der Waals surface area contributed by atoms with Crippen LogP contribution in [0.4, 0.5) is 0 Å². The Kier molecular flexibility index (Phi) is 2.58. The van der Waals surface area contributed by atoms with E-state index in [1.54, 1.807) is 7.11 Å². The Labute approximate surface area is 95.8 Å². The largest absolute Gasteiger partial charge is 0.497 e. The molecule has 86 valence electrons. The number of rotatable bonds is 1. The Morgan fingerprint density at radius 2 is 2.38 bits per heavy atom. The van der Waals surface area contributed by atoms with Crippen LogP contribution in [0.1, 0.15) is 23.5 Å². The zero-order valence-electron chi connectivity index (χ0n) is 9.53. The molecule has 3 nitrogen and oxygen atoms in total. The third-order valence-corrected chi connectivity index (χ3v) is 3.62. The molecule has 2 atom stereocenters. The molecule has 0 radical (unpaired) electrons. The minimum Gasteiger partial charge on any atom is -0.497 e. The molecule has 2 aliphatic rings. The van der Waals surface area contributed by atoms with Crippen molar-refractivity contribution in [2.45, 2.75) is 25.0 Å². The van der Waals surface area contributed by atoms with E-state index in [1.807, 2.05) is 6.07 Å². The first-order valence-electron chi connectivity index (χ1n) is 5.87. The molecule has 0 aromatic heterocycles. The maximum absolute atomic E-state index is 5.90. The van der Waals surface area contributed by atoms with Crippen molar-refractivity contribution in [1.82, 2.24) is 5.32 Å². The van der Waals surface area contributed by atoms with Gasteiger partial charge in [-0.2, -0.15) is 0 Å². The van der Waals surface area contributed by atoms with Crippen LogP contribution < -0.4 is 10.1 Å². The topological polar surface area (TPSA) is 30.5 Å². The highest BCUT2D eigenvalue weighted by atomic mass is 16.5. The molecular weight excluding hydrogens is 202 g/mol. The minimum atomic E-state index is 0.390. The fraction of sp³-hybridized carbons (Fsp3) is 0.538. The lowest BCUT2D eigenvalue weighted by molar-refractivity contribution is -0.00688. The van der Waals surface area contributed by atoms with Crippen LogP contribution >= 0.6 is 0 Å². The molecule has 0 bridgehead atoms. The summed E-state index contributed by atoms with van der Waals surface area (Å²) in [6, 6.07) is 6.31. The van der Waals surface area contributed by atoms with Gasteiger partial charge in [0.2, 0.25) is 0 Å². The Morgan fingerprint density at radius 1 is 1.44 bits per heavy atom. The number of hydrogen-bond donors (Lipinski definition) is 1. The van der Waals surface area contributed by atoms with Gasteiger partial charge in [-0.25, -0.2) is 0 Å². The zero-order chi connectivity index (χ0) is 11.0. The Hall–Kier alpha value is -1.06. The Bertz CT molecular complexity index is 392. The van der Waals surface area contributed by atoms with Gasteiger partial charge < -0.3 is 14.8 Å². The van der Waals surface area contributed by atoms with Gasteiger partial charge in [-0.05, 0) is 36.2 Å². The number of ether oxygens (including phenoxy) is 2. The molecule has 1 aromatic rings. The van der Waals surface area contributed by atoms with Crippen LogP contribution in [0.25, 0.3) is 0 Å². The molecule has 0 saturated carbocycles. The SMILES string of the molecule is COc1ccc2c(c1)[C@H]1CNCC[C@@H]1OC2. The van der Waals surface area contributed by atoms with Crippen LogP contribution in [0.3, 0.4) is 0 Å². The highest BCUT2D eigenvalue weighted by Crippen LogP contribution is 2.36. The standard InChI is InChI=1S/C13H17NO2/c1-15-10-3-2-9-8-16-13-4-5-14-7-12(13)11(9)6-10/h2-3,6,12-14H,4-5,7-8H2,1H3/t12-,13+/m1/s1. The summed E-state index contributed by atoms with van der Waals surface area (Å²) in [6.07, 6.45) is 1.50. The van der Waals surface area contributed by atoms with Crippen LogP contribution in [-0.2, 0) is 11.3 Å². The van der Waals surface area contributed by atoms with Gasteiger partial charge in [0.15, 0.2) is 0 Å². The normalized spacial score (nSPS) is 28.1. The zero-order valence-corrected chi connectivity index (χ0v) is 9.53. The first-order chi connectivity index (χ1) is 7.88. The van der Waals surface area contributed by atoms with Crippen molar-refractivity contribution in [3.63, 3.8) is 0 Å². The predicted octanol–water partition coefficient (Wildman–Crippen LogP) is 1.67. The minimum absolute atomic E-state index is 0.390. The summed E-state index contributed by atoms with van der Waals surface area (Å²) in [5, 5.41) is 3.44. The quantitative estimate of drug-likeness (QED) is 0.779. The lowest BCUT2D eigenvalue weighted by Crippen LogP contribution is -2.42. The van der Waals surface area contributed by atoms with Crippen LogP contribution in [-0.4, -0.2) is 26.3 Å². The number of methoxy groups -OCH3 is 1. The van der Waals surface area contributed by atoms with Crippen molar-refractivity contribution in [2.24, 2.45) is 0 Å². The van der Waals surface area contributed by atoms with E-state index in [0.29, 0.717) is 12.0 Å². The number of hydrogen-bond acceptors (Lipinski definition) is 3. The van der Waals surface area contributed by atoms with Crippen molar-refractivity contribution in [3.8, 4) is 5.75 Å². The Morgan fingerprint density at radius 3 is 3.25 bits per heavy atom. The van der Waals surface area contributed by atoms with E-state index in [4.69, 9.17) is 9.47 Å². The van der Waals surface area contributed by atoms with E-state index < -0.39 is 0 Å². The number of piperidine rings is 1. The second-order valence-electron chi connectivity index (χ2n) is 4.51. The maximum Gasteiger partial charge on any atom is 0.119 e. The molecule has 2 heterocycles. The van der Waals surface area contributed by atoms with E-state index in [2.05, 4.69) is 17.4 Å². The van der Waals surface area contributed by atoms with Gasteiger partial charge >= 0.3 is 0 Å². The fourth-order valence-electron chi connectivity index (χ4n) is 2.72. The summed E-state index contributed by atoms with van der Waals surface area (Å²) in [5.41, 5.74) is 2.72.